The van der Waals surface area contributed by atoms with Gasteiger partial charge < -0.3 is 4.90 Å². The molecule has 0 saturated carbocycles. The highest BCUT2D eigenvalue weighted by Crippen LogP contribution is 2.29. The van der Waals surface area contributed by atoms with E-state index in [1.807, 2.05) is 6.20 Å². The summed E-state index contributed by atoms with van der Waals surface area (Å²) < 4.78 is 0. The molecule has 1 aliphatic rings. The smallest absolute Gasteiger partial charge is 0.0479 e. The molecule has 0 amide bonds. The highest BCUT2D eigenvalue weighted by molar-refractivity contribution is 5.38. The molecule has 0 radical (unpaired) electrons. The summed E-state index contributed by atoms with van der Waals surface area (Å²) in [7, 11) is 0. The largest absolute Gasteiger partial charge is 0.342 e. The van der Waals surface area contributed by atoms with E-state index >= 15 is 0 Å². The van der Waals surface area contributed by atoms with Crippen LogP contribution in [0.2, 0.25) is 0 Å². The average molecular weight is 294 g/mol. The number of hydrogen-bond acceptors (Lipinski definition) is 2. The molecule has 0 bridgehead atoms. The second-order valence-electron chi connectivity index (χ2n) is 5.79. The molecule has 1 aromatic rings. The van der Waals surface area contributed by atoms with Crippen LogP contribution in [0.1, 0.15) is 44.7 Å². The molecule has 116 valence electrons. The van der Waals surface area contributed by atoms with E-state index < -0.39 is 0 Å². The number of nitrogens with zero attached hydrogens (tertiary/aromatic N) is 2. The lowest BCUT2D eigenvalue weighted by molar-refractivity contribution is 0.453. The van der Waals surface area contributed by atoms with Gasteiger partial charge in [0.15, 0.2) is 0 Å². The van der Waals surface area contributed by atoms with E-state index in [9.17, 15) is 0 Å². The van der Waals surface area contributed by atoms with Crippen molar-refractivity contribution >= 4 is 6.72 Å². The normalized spacial score (nSPS) is 15.1. The molecular weight excluding hydrogens is 268 g/mol. The Bertz CT molecular complexity index is 620. The zero-order valence-electron chi connectivity index (χ0n) is 14.0. The molecule has 2 nitrogen and oxygen atoms in total. The first-order chi connectivity index (χ1) is 10.7. The number of allylic oxidation sites excluding steroid dienone is 3. The van der Waals surface area contributed by atoms with Gasteiger partial charge in [-0.15, -0.1) is 0 Å². The Morgan fingerprint density at radius 1 is 1.23 bits per heavy atom. The molecule has 2 heteroatoms. The maximum Gasteiger partial charge on any atom is 0.0479 e. The molecule has 2 rings (SSSR count). The Labute approximate surface area is 134 Å². The van der Waals surface area contributed by atoms with Crippen LogP contribution in [0, 0.1) is 0 Å². The lowest BCUT2D eigenvalue weighted by Crippen LogP contribution is -2.20. The third kappa shape index (κ3) is 3.76. The average Bonchev–Trinajstić information content (AvgIpc) is 2.52. The van der Waals surface area contributed by atoms with Crippen molar-refractivity contribution in [2.75, 3.05) is 0 Å². The number of hydrogen-bond donors (Lipinski definition) is 0. The third-order valence-electron chi connectivity index (χ3n) is 4.23. The fourth-order valence-corrected chi connectivity index (χ4v) is 3.10. The van der Waals surface area contributed by atoms with Gasteiger partial charge in [0.25, 0.3) is 0 Å². The van der Waals surface area contributed by atoms with Gasteiger partial charge in [-0.05, 0) is 62.1 Å². The predicted molar refractivity (Wildman–Crippen MR) is 95.7 cm³/mol. The van der Waals surface area contributed by atoms with Crippen molar-refractivity contribution in [2.24, 2.45) is 4.99 Å². The van der Waals surface area contributed by atoms with Gasteiger partial charge in [-0.25, -0.2) is 0 Å². The molecule has 22 heavy (non-hydrogen) atoms. The van der Waals surface area contributed by atoms with Gasteiger partial charge in [-0.2, -0.15) is 0 Å². The zero-order chi connectivity index (χ0) is 15.9. The number of aliphatic imine (C=N–C) groups is 1. The Morgan fingerprint density at radius 3 is 2.59 bits per heavy atom. The number of aryl methyl sites for hydroxylation is 1. The Balaban J connectivity index is 2.37. The Kier molecular flexibility index (Phi) is 5.76. The van der Waals surface area contributed by atoms with E-state index in [4.69, 9.17) is 0 Å². The first-order valence-electron chi connectivity index (χ1n) is 8.00. The van der Waals surface area contributed by atoms with Crippen molar-refractivity contribution in [3.8, 4) is 0 Å². The molecule has 1 aromatic carbocycles. The summed E-state index contributed by atoms with van der Waals surface area (Å²) in [6.07, 6.45) is 9.48. The highest BCUT2D eigenvalue weighted by atomic mass is 15.1. The van der Waals surface area contributed by atoms with Gasteiger partial charge in [0.2, 0.25) is 0 Å². The van der Waals surface area contributed by atoms with Gasteiger partial charge in [0.05, 0.1) is 0 Å². The van der Waals surface area contributed by atoms with Crippen molar-refractivity contribution < 1.29 is 0 Å². The van der Waals surface area contributed by atoms with E-state index in [-0.39, 0.29) is 0 Å². The molecule has 0 unspecified atom stereocenters. The fourth-order valence-electron chi connectivity index (χ4n) is 3.10. The van der Waals surface area contributed by atoms with Crippen molar-refractivity contribution in [3.05, 3.63) is 70.7 Å². The summed E-state index contributed by atoms with van der Waals surface area (Å²) in [5.41, 5.74) is 6.91. The Morgan fingerprint density at radius 2 is 1.95 bits per heavy atom. The molecule has 0 heterocycles. The molecule has 0 spiro atoms. The molecule has 0 atom stereocenters. The molecular formula is C20H26N2. The molecule has 1 aliphatic carbocycles. The van der Waals surface area contributed by atoms with Crippen LogP contribution in [0.4, 0.5) is 0 Å². The second kappa shape index (κ2) is 7.79. The van der Waals surface area contributed by atoms with E-state index in [1.54, 1.807) is 6.20 Å². The van der Waals surface area contributed by atoms with E-state index in [0.29, 0.717) is 0 Å². The van der Waals surface area contributed by atoms with Crippen molar-refractivity contribution in [1.29, 1.82) is 0 Å². The van der Waals surface area contributed by atoms with Gasteiger partial charge in [-0.3, -0.25) is 4.99 Å². The predicted octanol–water partition coefficient (Wildman–Crippen LogP) is 5.24. The summed E-state index contributed by atoms with van der Waals surface area (Å²) in [6, 6.07) is 8.67. The summed E-state index contributed by atoms with van der Waals surface area (Å²) >= 11 is 0. The SMILES string of the molecule is C=N/C=C\N(Cc1ccccc1CC)C1=C(C)CCC=C1C. The lowest BCUT2D eigenvalue weighted by atomic mass is 9.96. The van der Waals surface area contributed by atoms with Crippen LogP contribution in [0.5, 0.6) is 0 Å². The fraction of sp³-hybridized carbons (Fsp3) is 0.350. The lowest BCUT2D eigenvalue weighted by Gasteiger charge is -2.29. The minimum Gasteiger partial charge on any atom is -0.342 e. The van der Waals surface area contributed by atoms with Gasteiger partial charge in [-0.1, -0.05) is 37.3 Å². The van der Waals surface area contributed by atoms with E-state index in [2.05, 4.69) is 67.7 Å². The monoisotopic (exact) mass is 294 g/mol. The zero-order valence-corrected chi connectivity index (χ0v) is 14.0. The summed E-state index contributed by atoms with van der Waals surface area (Å²) in [6.45, 7) is 11.1. The molecule has 0 aliphatic heterocycles. The molecule has 0 aromatic heterocycles. The minimum absolute atomic E-state index is 0.869. The van der Waals surface area contributed by atoms with Crippen LogP contribution in [-0.4, -0.2) is 11.6 Å². The summed E-state index contributed by atoms with van der Waals surface area (Å²) in [5, 5.41) is 0. The maximum absolute atomic E-state index is 3.89. The molecule has 0 N–H and O–H groups in total. The van der Waals surface area contributed by atoms with E-state index in [1.165, 1.54) is 28.0 Å². The highest BCUT2D eigenvalue weighted by Gasteiger charge is 2.16. The van der Waals surface area contributed by atoms with Crippen LogP contribution in [0.15, 0.2) is 64.6 Å². The minimum atomic E-state index is 0.869. The quantitative estimate of drug-likeness (QED) is 0.655. The Hall–Kier alpha value is -2.09. The van der Waals surface area contributed by atoms with Crippen LogP contribution in [-0.2, 0) is 13.0 Å². The van der Waals surface area contributed by atoms with Crippen LogP contribution < -0.4 is 0 Å². The standard InChI is InChI=1S/C20H26N2/c1-5-18-11-6-7-12-19(18)15-22(14-13-21-4)20-16(2)9-8-10-17(20)3/h6-7,9,11-14H,4-5,8,10,15H2,1-3H3/b14-13-. The maximum atomic E-state index is 3.89. The number of rotatable bonds is 6. The second-order valence-corrected chi connectivity index (χ2v) is 5.79. The van der Waals surface area contributed by atoms with Gasteiger partial charge in [0.1, 0.15) is 0 Å². The van der Waals surface area contributed by atoms with Crippen molar-refractivity contribution in [1.82, 2.24) is 4.90 Å². The van der Waals surface area contributed by atoms with Gasteiger partial charge >= 0.3 is 0 Å². The first kappa shape index (κ1) is 16.3. The number of benzene rings is 1. The third-order valence-corrected chi connectivity index (χ3v) is 4.23. The van der Waals surface area contributed by atoms with Crippen LogP contribution >= 0.6 is 0 Å². The van der Waals surface area contributed by atoms with E-state index in [0.717, 1.165) is 25.8 Å². The van der Waals surface area contributed by atoms with Crippen molar-refractivity contribution in [2.45, 2.75) is 46.6 Å². The topological polar surface area (TPSA) is 15.6 Å². The van der Waals surface area contributed by atoms with Gasteiger partial charge in [0, 0.05) is 24.6 Å². The van der Waals surface area contributed by atoms with Crippen LogP contribution in [0.3, 0.4) is 0 Å². The molecule has 0 saturated heterocycles. The molecule has 0 fully saturated rings. The van der Waals surface area contributed by atoms with Crippen LogP contribution in [0.25, 0.3) is 0 Å². The van der Waals surface area contributed by atoms with Crippen molar-refractivity contribution in [3.63, 3.8) is 0 Å². The first-order valence-corrected chi connectivity index (χ1v) is 8.00. The summed E-state index contributed by atoms with van der Waals surface area (Å²) in [5.74, 6) is 0. The summed E-state index contributed by atoms with van der Waals surface area (Å²) in [4.78, 5) is 6.20.